The molecule has 1 unspecified atom stereocenters. The molecule has 4 heteroatoms. The molecule has 1 heterocycles. The third-order valence-electron chi connectivity index (χ3n) is 3.59. The molecule has 3 rings (SSSR count). The van der Waals surface area contributed by atoms with Crippen LogP contribution in [0.2, 0.25) is 0 Å². The molecule has 0 bridgehead atoms. The highest BCUT2D eigenvalue weighted by atomic mass is 19.1. The molecule has 0 aliphatic carbocycles. The van der Waals surface area contributed by atoms with Gasteiger partial charge in [0, 0.05) is 11.6 Å². The fourth-order valence-corrected chi connectivity index (χ4v) is 2.40. The van der Waals surface area contributed by atoms with E-state index in [0.29, 0.717) is 11.1 Å². The van der Waals surface area contributed by atoms with Crippen molar-refractivity contribution in [2.75, 3.05) is 0 Å². The monoisotopic (exact) mass is 294 g/mol. The van der Waals surface area contributed by atoms with Crippen molar-refractivity contribution < 1.29 is 9.18 Å². The highest BCUT2D eigenvalue weighted by Gasteiger charge is 2.14. The summed E-state index contributed by atoms with van der Waals surface area (Å²) >= 11 is 0. The number of aromatic nitrogens is 1. The molecule has 0 saturated carbocycles. The first-order chi connectivity index (χ1) is 10.6. The van der Waals surface area contributed by atoms with Gasteiger partial charge in [-0.05, 0) is 36.8 Å². The lowest BCUT2D eigenvalue weighted by Crippen LogP contribution is -2.26. The van der Waals surface area contributed by atoms with Crippen LogP contribution < -0.4 is 5.32 Å². The number of carbonyl (C=O) groups excluding carboxylic acids is 1. The van der Waals surface area contributed by atoms with Crippen LogP contribution in [0.3, 0.4) is 0 Å². The lowest BCUT2D eigenvalue weighted by Gasteiger charge is -2.15. The van der Waals surface area contributed by atoms with Gasteiger partial charge in [0.05, 0.1) is 17.1 Å². The second-order valence-electron chi connectivity index (χ2n) is 5.13. The van der Waals surface area contributed by atoms with Crippen LogP contribution in [0.1, 0.15) is 28.9 Å². The number of nitrogens with zero attached hydrogens (tertiary/aromatic N) is 1. The summed E-state index contributed by atoms with van der Waals surface area (Å²) in [7, 11) is 0. The summed E-state index contributed by atoms with van der Waals surface area (Å²) in [6.45, 7) is 1.86. The van der Waals surface area contributed by atoms with Gasteiger partial charge in [0.1, 0.15) is 5.82 Å². The summed E-state index contributed by atoms with van der Waals surface area (Å²) in [5.41, 5.74) is 2.06. The van der Waals surface area contributed by atoms with E-state index in [4.69, 9.17) is 0 Å². The zero-order valence-corrected chi connectivity index (χ0v) is 12.1. The van der Waals surface area contributed by atoms with E-state index < -0.39 is 0 Å². The Hall–Kier alpha value is -2.75. The number of halogens is 1. The average molecular weight is 294 g/mol. The lowest BCUT2D eigenvalue weighted by atomic mass is 10.1. The van der Waals surface area contributed by atoms with Gasteiger partial charge in [0.15, 0.2) is 0 Å². The van der Waals surface area contributed by atoms with Gasteiger partial charge in [0.2, 0.25) is 0 Å². The third kappa shape index (κ3) is 2.81. The van der Waals surface area contributed by atoms with Crippen LogP contribution in [0.25, 0.3) is 10.9 Å². The number of hydrogen-bond donors (Lipinski definition) is 1. The molecule has 0 fully saturated rings. The molecular formula is C18H15FN2O. The number of carbonyl (C=O) groups is 1. The van der Waals surface area contributed by atoms with Crippen molar-refractivity contribution in [2.24, 2.45) is 0 Å². The van der Waals surface area contributed by atoms with E-state index in [-0.39, 0.29) is 17.8 Å². The topological polar surface area (TPSA) is 42.0 Å². The van der Waals surface area contributed by atoms with Crippen molar-refractivity contribution in [1.29, 1.82) is 0 Å². The predicted molar refractivity (Wildman–Crippen MR) is 84.0 cm³/mol. The summed E-state index contributed by atoms with van der Waals surface area (Å²) in [6, 6.07) is 15.2. The standard InChI is InChI=1S/C18H15FN2O/c1-12(13-7-9-15(19)10-8-13)21-18(22)16-6-2-4-14-5-3-11-20-17(14)16/h2-12H,1H3,(H,21,22). The Labute approximate surface area is 127 Å². The fourth-order valence-electron chi connectivity index (χ4n) is 2.40. The van der Waals surface area contributed by atoms with Gasteiger partial charge in [-0.3, -0.25) is 9.78 Å². The average Bonchev–Trinajstić information content (AvgIpc) is 2.54. The fraction of sp³-hybridized carbons (Fsp3) is 0.111. The summed E-state index contributed by atoms with van der Waals surface area (Å²) < 4.78 is 13.0. The quantitative estimate of drug-likeness (QED) is 0.797. The number of para-hydroxylation sites is 1. The zero-order chi connectivity index (χ0) is 15.5. The summed E-state index contributed by atoms with van der Waals surface area (Å²) in [4.78, 5) is 16.8. The molecule has 0 saturated heterocycles. The van der Waals surface area contributed by atoms with Crippen molar-refractivity contribution in [3.63, 3.8) is 0 Å². The number of pyridine rings is 1. The second-order valence-corrected chi connectivity index (χ2v) is 5.13. The maximum Gasteiger partial charge on any atom is 0.253 e. The minimum absolute atomic E-state index is 0.193. The number of rotatable bonds is 3. The molecule has 1 amide bonds. The Bertz CT molecular complexity index is 809. The molecule has 1 atom stereocenters. The van der Waals surface area contributed by atoms with Gasteiger partial charge >= 0.3 is 0 Å². The molecule has 3 nitrogen and oxygen atoms in total. The normalized spacial score (nSPS) is 12.1. The minimum atomic E-state index is -0.291. The van der Waals surface area contributed by atoms with Crippen molar-refractivity contribution in [3.8, 4) is 0 Å². The van der Waals surface area contributed by atoms with Gasteiger partial charge in [-0.25, -0.2) is 4.39 Å². The van der Waals surface area contributed by atoms with Crippen molar-refractivity contribution >= 4 is 16.8 Å². The van der Waals surface area contributed by atoms with Crippen LogP contribution in [0.5, 0.6) is 0 Å². The zero-order valence-electron chi connectivity index (χ0n) is 12.1. The molecule has 0 aliphatic rings. The van der Waals surface area contributed by atoms with Gasteiger partial charge in [-0.2, -0.15) is 0 Å². The molecule has 0 radical (unpaired) electrons. The Morgan fingerprint density at radius 2 is 1.82 bits per heavy atom. The predicted octanol–water partition coefficient (Wildman–Crippen LogP) is 3.86. The van der Waals surface area contributed by atoms with Crippen molar-refractivity contribution in [3.05, 3.63) is 77.7 Å². The Balaban J connectivity index is 1.85. The molecule has 22 heavy (non-hydrogen) atoms. The lowest BCUT2D eigenvalue weighted by molar-refractivity contribution is 0.0941. The van der Waals surface area contributed by atoms with E-state index in [1.807, 2.05) is 31.2 Å². The maximum atomic E-state index is 13.0. The smallest absolute Gasteiger partial charge is 0.253 e. The first kappa shape index (κ1) is 14.2. The molecule has 3 aromatic rings. The number of fused-ring (bicyclic) bond motifs is 1. The van der Waals surface area contributed by atoms with Crippen LogP contribution in [-0.2, 0) is 0 Å². The van der Waals surface area contributed by atoms with Gasteiger partial charge in [-0.1, -0.05) is 30.3 Å². The Morgan fingerprint density at radius 3 is 2.59 bits per heavy atom. The van der Waals surface area contributed by atoms with Crippen LogP contribution in [0.15, 0.2) is 60.8 Å². The molecule has 1 N–H and O–H groups in total. The Morgan fingerprint density at radius 1 is 1.09 bits per heavy atom. The number of hydrogen-bond acceptors (Lipinski definition) is 2. The van der Waals surface area contributed by atoms with E-state index in [0.717, 1.165) is 10.9 Å². The molecule has 0 spiro atoms. The van der Waals surface area contributed by atoms with Crippen LogP contribution >= 0.6 is 0 Å². The van der Waals surface area contributed by atoms with Crippen LogP contribution in [-0.4, -0.2) is 10.9 Å². The van der Waals surface area contributed by atoms with E-state index in [2.05, 4.69) is 10.3 Å². The largest absolute Gasteiger partial charge is 0.345 e. The first-order valence-corrected chi connectivity index (χ1v) is 7.05. The molecule has 0 aliphatic heterocycles. The van der Waals surface area contributed by atoms with Crippen molar-refractivity contribution in [2.45, 2.75) is 13.0 Å². The molecule has 1 aromatic heterocycles. The van der Waals surface area contributed by atoms with E-state index in [1.54, 1.807) is 24.4 Å². The molecule has 2 aromatic carbocycles. The maximum absolute atomic E-state index is 13.0. The van der Waals surface area contributed by atoms with Gasteiger partial charge in [0.25, 0.3) is 5.91 Å². The minimum Gasteiger partial charge on any atom is -0.345 e. The van der Waals surface area contributed by atoms with Gasteiger partial charge < -0.3 is 5.32 Å². The summed E-state index contributed by atoms with van der Waals surface area (Å²) in [6.07, 6.45) is 1.67. The van der Waals surface area contributed by atoms with E-state index >= 15 is 0 Å². The highest BCUT2D eigenvalue weighted by Crippen LogP contribution is 2.18. The highest BCUT2D eigenvalue weighted by molar-refractivity contribution is 6.05. The summed E-state index contributed by atoms with van der Waals surface area (Å²) in [5.74, 6) is -0.485. The SMILES string of the molecule is CC(NC(=O)c1cccc2cccnc12)c1ccc(F)cc1. The number of nitrogens with one attached hydrogen (secondary N) is 1. The third-order valence-corrected chi connectivity index (χ3v) is 3.59. The van der Waals surface area contributed by atoms with Crippen LogP contribution in [0.4, 0.5) is 4.39 Å². The second kappa shape index (κ2) is 5.93. The first-order valence-electron chi connectivity index (χ1n) is 7.05. The number of benzene rings is 2. The van der Waals surface area contributed by atoms with Crippen LogP contribution in [0, 0.1) is 5.82 Å². The molecular weight excluding hydrogens is 279 g/mol. The molecule has 110 valence electrons. The Kier molecular flexibility index (Phi) is 3.83. The van der Waals surface area contributed by atoms with Gasteiger partial charge in [-0.15, -0.1) is 0 Å². The summed E-state index contributed by atoms with van der Waals surface area (Å²) in [5, 5.41) is 3.84. The number of amides is 1. The van der Waals surface area contributed by atoms with Crippen molar-refractivity contribution in [1.82, 2.24) is 10.3 Å². The van der Waals surface area contributed by atoms with E-state index in [9.17, 15) is 9.18 Å². The van der Waals surface area contributed by atoms with E-state index in [1.165, 1.54) is 12.1 Å².